The summed E-state index contributed by atoms with van der Waals surface area (Å²) in [6, 6.07) is 6.85. The summed E-state index contributed by atoms with van der Waals surface area (Å²) >= 11 is 0. The molecule has 0 unspecified atom stereocenters. The molecule has 1 aromatic carbocycles. The van der Waals surface area contributed by atoms with Crippen LogP contribution in [-0.2, 0) is 11.2 Å². The van der Waals surface area contributed by atoms with E-state index in [2.05, 4.69) is 0 Å². The number of nitrogens with zero attached hydrogens (tertiary/aromatic N) is 1. The molecule has 5 N–H and O–H groups in total. The zero-order valence-corrected chi connectivity index (χ0v) is 13.6. The third kappa shape index (κ3) is 8.06. The smallest absolute Gasteiger partial charge is 0.550 e. The molecule has 0 aromatic heterocycles. The number of rotatable bonds is 7. The van der Waals surface area contributed by atoms with Crippen molar-refractivity contribution in [3.63, 3.8) is 0 Å². The molecule has 0 saturated heterocycles. The van der Waals surface area contributed by atoms with Crippen LogP contribution in [0.15, 0.2) is 36.2 Å². The van der Waals surface area contributed by atoms with Crippen LogP contribution in [0, 0.1) is 0 Å². The van der Waals surface area contributed by atoms with Crippen molar-refractivity contribution in [1.82, 2.24) is 5.01 Å². The van der Waals surface area contributed by atoms with Gasteiger partial charge < -0.3 is 25.8 Å². The van der Waals surface area contributed by atoms with E-state index >= 15 is 0 Å². The van der Waals surface area contributed by atoms with Crippen molar-refractivity contribution < 1.29 is 44.6 Å². The normalized spacial score (nSPS) is 10.8. The Morgan fingerprint density at radius 3 is 2.45 bits per heavy atom. The molecule has 1 aromatic rings. The number of carbonyl (C=O) groups excluding carboxylic acids is 1. The summed E-state index contributed by atoms with van der Waals surface area (Å²) in [4.78, 5) is 10.3. The molecular weight excluding hydrogens is 269 g/mol. The fraction of sp³-hybridized carbons (Fsp3) is 0.308. The fourth-order valence-electron chi connectivity index (χ4n) is 1.51. The number of hydrogen-bond acceptors (Lipinski definition) is 6. The van der Waals surface area contributed by atoms with Crippen LogP contribution < -0.4 is 46.2 Å². The number of phenolic OH excluding ortho intramolecular Hbond substituents is 1. The van der Waals surface area contributed by atoms with Crippen molar-refractivity contribution in [2.75, 3.05) is 6.54 Å². The summed E-state index contributed by atoms with van der Waals surface area (Å²) < 4.78 is 0. The second-order valence-electron chi connectivity index (χ2n) is 4.23. The van der Waals surface area contributed by atoms with Crippen molar-refractivity contribution in [3.05, 3.63) is 41.7 Å². The fourth-order valence-corrected chi connectivity index (χ4v) is 1.51. The standard InChI is InChI=1S/C13H19N3O3.Na/c14-11(3-6-13(18)19)9-16(15)8-7-10-1-4-12(17)5-2-10;/h1-2,4-5,9,17H,3,6-8,14-15H2,(H,18,19);/q;+1/p-1/b11-9-;. The molecule has 0 heterocycles. The van der Waals surface area contributed by atoms with Crippen LogP contribution in [0.2, 0.25) is 0 Å². The second-order valence-corrected chi connectivity index (χ2v) is 4.23. The van der Waals surface area contributed by atoms with Crippen molar-refractivity contribution in [3.8, 4) is 5.75 Å². The number of phenols is 1. The molecular formula is C13H18N3NaO3. The van der Waals surface area contributed by atoms with E-state index in [1.54, 1.807) is 12.1 Å². The Hall–Kier alpha value is -1.21. The molecule has 0 radical (unpaired) electrons. The summed E-state index contributed by atoms with van der Waals surface area (Å²) in [5.74, 6) is 4.81. The molecule has 7 heteroatoms. The van der Waals surface area contributed by atoms with Gasteiger partial charge in [-0.1, -0.05) is 12.1 Å². The quantitative estimate of drug-likeness (QED) is 0.272. The number of carboxylic acid groups (broad SMARTS) is 1. The maximum Gasteiger partial charge on any atom is 1.00 e. The van der Waals surface area contributed by atoms with E-state index in [4.69, 9.17) is 16.7 Å². The second kappa shape index (κ2) is 9.66. The van der Waals surface area contributed by atoms with Gasteiger partial charge in [-0.05, 0) is 37.0 Å². The van der Waals surface area contributed by atoms with E-state index in [9.17, 15) is 9.90 Å². The first-order chi connectivity index (χ1) is 8.97. The average Bonchev–Trinajstić information content (AvgIpc) is 2.36. The summed E-state index contributed by atoms with van der Waals surface area (Å²) in [6.45, 7) is 0.538. The van der Waals surface area contributed by atoms with Crippen molar-refractivity contribution in [2.24, 2.45) is 11.6 Å². The van der Waals surface area contributed by atoms with Gasteiger partial charge in [0.2, 0.25) is 0 Å². The van der Waals surface area contributed by atoms with Gasteiger partial charge in [0.15, 0.2) is 0 Å². The molecule has 6 nitrogen and oxygen atoms in total. The van der Waals surface area contributed by atoms with Crippen LogP contribution in [0.25, 0.3) is 0 Å². The molecule has 0 aliphatic carbocycles. The maximum atomic E-state index is 10.3. The van der Waals surface area contributed by atoms with Gasteiger partial charge in [-0.25, -0.2) is 5.84 Å². The van der Waals surface area contributed by atoms with Crippen LogP contribution in [0.5, 0.6) is 5.75 Å². The summed E-state index contributed by atoms with van der Waals surface area (Å²) in [6.07, 6.45) is 2.31. The number of nitrogens with two attached hydrogens (primary N) is 2. The van der Waals surface area contributed by atoms with Gasteiger partial charge in [-0.2, -0.15) is 0 Å². The molecule has 0 aliphatic rings. The minimum atomic E-state index is -1.14. The number of hydrazine groups is 1. The van der Waals surface area contributed by atoms with E-state index in [1.165, 1.54) is 11.2 Å². The molecule has 1 rings (SSSR count). The molecule has 0 saturated carbocycles. The van der Waals surface area contributed by atoms with Crippen LogP contribution in [-0.4, -0.2) is 22.6 Å². The van der Waals surface area contributed by atoms with Gasteiger partial charge in [0, 0.05) is 24.4 Å². The van der Waals surface area contributed by atoms with Gasteiger partial charge in [0.05, 0.1) is 0 Å². The Bertz CT molecular complexity index is 449. The minimum Gasteiger partial charge on any atom is -0.550 e. The molecule has 0 spiro atoms. The van der Waals surface area contributed by atoms with E-state index in [-0.39, 0.29) is 48.1 Å². The Labute approximate surface area is 140 Å². The van der Waals surface area contributed by atoms with Crippen LogP contribution in [0.1, 0.15) is 18.4 Å². The number of carbonyl (C=O) groups is 1. The zero-order chi connectivity index (χ0) is 14.3. The largest absolute Gasteiger partial charge is 1.00 e. The van der Waals surface area contributed by atoms with E-state index in [0.717, 1.165) is 5.56 Å². The summed E-state index contributed by atoms with van der Waals surface area (Å²) in [7, 11) is 0. The summed E-state index contributed by atoms with van der Waals surface area (Å²) in [5, 5.41) is 20.8. The Morgan fingerprint density at radius 2 is 1.90 bits per heavy atom. The average molecular weight is 287 g/mol. The van der Waals surface area contributed by atoms with Crippen molar-refractivity contribution in [2.45, 2.75) is 19.3 Å². The predicted octanol–water partition coefficient (Wildman–Crippen LogP) is -3.56. The number of aromatic hydroxyl groups is 1. The Balaban J connectivity index is 0.00000361. The van der Waals surface area contributed by atoms with Gasteiger partial charge in [-0.15, -0.1) is 0 Å². The first kappa shape index (κ1) is 18.8. The molecule has 0 fully saturated rings. The SMILES string of the molecule is N/C(=C\N(N)CCc1ccc(O)cc1)CCC(=O)[O-].[Na+]. The van der Waals surface area contributed by atoms with E-state index in [1.807, 2.05) is 12.1 Å². The Morgan fingerprint density at radius 1 is 1.30 bits per heavy atom. The molecule has 0 bridgehead atoms. The van der Waals surface area contributed by atoms with Crippen molar-refractivity contribution in [1.29, 1.82) is 0 Å². The van der Waals surface area contributed by atoms with Crippen LogP contribution in [0.3, 0.4) is 0 Å². The minimum absolute atomic E-state index is 0. The number of allylic oxidation sites excluding steroid dienone is 1. The van der Waals surface area contributed by atoms with Crippen LogP contribution in [0.4, 0.5) is 0 Å². The zero-order valence-electron chi connectivity index (χ0n) is 11.6. The molecule has 104 valence electrons. The van der Waals surface area contributed by atoms with Gasteiger partial charge >= 0.3 is 29.6 Å². The molecule has 0 atom stereocenters. The first-order valence-corrected chi connectivity index (χ1v) is 5.92. The van der Waals surface area contributed by atoms with Gasteiger partial charge in [-0.3, -0.25) is 0 Å². The number of carboxylic acids is 1. The number of benzene rings is 1. The van der Waals surface area contributed by atoms with E-state index < -0.39 is 5.97 Å². The molecule has 0 amide bonds. The summed E-state index contributed by atoms with van der Waals surface area (Å²) in [5.41, 5.74) is 7.06. The van der Waals surface area contributed by atoms with Crippen molar-refractivity contribution >= 4 is 5.97 Å². The number of aliphatic carboxylic acids is 1. The monoisotopic (exact) mass is 287 g/mol. The maximum absolute atomic E-state index is 10.3. The first-order valence-electron chi connectivity index (χ1n) is 5.92. The van der Waals surface area contributed by atoms with Gasteiger partial charge in [0.1, 0.15) is 5.75 Å². The number of hydrogen-bond donors (Lipinski definition) is 3. The molecule has 20 heavy (non-hydrogen) atoms. The van der Waals surface area contributed by atoms with Gasteiger partial charge in [0.25, 0.3) is 0 Å². The Kier molecular flexibility index (Phi) is 9.07. The topological polar surface area (TPSA) is 116 Å². The van der Waals surface area contributed by atoms with Crippen LogP contribution >= 0.6 is 0 Å². The van der Waals surface area contributed by atoms with E-state index in [0.29, 0.717) is 18.7 Å². The third-order valence-corrected chi connectivity index (χ3v) is 2.54. The predicted molar refractivity (Wildman–Crippen MR) is 69.2 cm³/mol. The molecule has 0 aliphatic heterocycles. The third-order valence-electron chi connectivity index (χ3n) is 2.54.